The van der Waals surface area contributed by atoms with Gasteiger partial charge in [-0.1, -0.05) is 0 Å². The number of esters is 1. The first-order chi connectivity index (χ1) is 9.95. The van der Waals surface area contributed by atoms with Crippen molar-refractivity contribution in [3.63, 3.8) is 0 Å². The molecule has 4 fully saturated rings. The summed E-state index contributed by atoms with van der Waals surface area (Å²) in [6.07, 6.45) is 4.07. The average molecular weight is 364 g/mol. The third-order valence-electron chi connectivity index (χ3n) is 5.22. The van der Waals surface area contributed by atoms with Gasteiger partial charge in [-0.05, 0) is 50.4 Å². The summed E-state index contributed by atoms with van der Waals surface area (Å²) >= 11 is 0. The van der Waals surface area contributed by atoms with Crippen LogP contribution in [-0.2, 0) is 19.6 Å². The van der Waals surface area contributed by atoms with Gasteiger partial charge in [-0.25, -0.2) is 4.79 Å². The molecule has 2 N–H and O–H groups in total. The van der Waals surface area contributed by atoms with E-state index in [9.17, 15) is 27.1 Å². The van der Waals surface area contributed by atoms with Crippen molar-refractivity contribution in [1.82, 2.24) is 0 Å². The summed E-state index contributed by atoms with van der Waals surface area (Å²) in [5, 5.41) is 5.53. The van der Waals surface area contributed by atoms with Crippen LogP contribution >= 0.6 is 0 Å². The summed E-state index contributed by atoms with van der Waals surface area (Å²) in [4.78, 5) is 11.3. The van der Waals surface area contributed by atoms with Crippen molar-refractivity contribution in [3.05, 3.63) is 0 Å². The first kappa shape index (κ1) is 19.5. The molecular weight excluding hydrogens is 345 g/mol. The Morgan fingerprint density at radius 3 is 2.17 bits per heavy atom. The van der Waals surface area contributed by atoms with Gasteiger partial charge < -0.3 is 9.84 Å². The van der Waals surface area contributed by atoms with E-state index in [0.717, 1.165) is 6.42 Å². The molecule has 4 aliphatic carbocycles. The molecule has 0 heterocycles. The van der Waals surface area contributed by atoms with Gasteiger partial charge in [-0.15, -0.1) is 0 Å². The van der Waals surface area contributed by atoms with E-state index in [1.165, 1.54) is 0 Å². The molecule has 2 atom stereocenters. The van der Waals surface area contributed by atoms with Crippen LogP contribution in [0.15, 0.2) is 0 Å². The summed E-state index contributed by atoms with van der Waals surface area (Å²) in [5.74, 6) is -1.70. The SMILES string of the molecule is O=C(OCC12CC3CC(CC(O)(C3)C1)C2)C(F)(F)S(=O)(=O)O.[NaH]. The minimum atomic E-state index is -5.85. The summed E-state index contributed by atoms with van der Waals surface area (Å²) in [7, 11) is -5.85. The fraction of sp³-hybridized carbons (Fsp3) is 0.923. The fourth-order valence-corrected chi connectivity index (χ4v) is 5.25. The van der Waals surface area contributed by atoms with E-state index in [1.807, 2.05) is 0 Å². The molecule has 0 radical (unpaired) electrons. The zero-order chi connectivity index (χ0) is 16.4. The van der Waals surface area contributed by atoms with Crippen molar-refractivity contribution in [2.45, 2.75) is 49.4 Å². The predicted molar refractivity (Wildman–Crippen MR) is 76.7 cm³/mol. The molecule has 4 aliphatic rings. The van der Waals surface area contributed by atoms with Crippen molar-refractivity contribution in [2.75, 3.05) is 6.61 Å². The topological polar surface area (TPSA) is 101 Å². The number of carbonyl (C=O) groups is 1. The van der Waals surface area contributed by atoms with Gasteiger partial charge in [0.1, 0.15) is 0 Å². The van der Waals surface area contributed by atoms with Crippen molar-refractivity contribution in [2.24, 2.45) is 17.3 Å². The molecule has 0 aromatic rings. The van der Waals surface area contributed by atoms with E-state index in [2.05, 4.69) is 4.74 Å². The summed E-state index contributed by atoms with van der Waals surface area (Å²) in [6, 6.07) is 0. The Labute approximate surface area is 155 Å². The standard InChI is InChI=1S/C13H18F2O6S.Na.H/c14-13(15,22(18,19)20)10(16)21-7-11-2-8-1-9(3-11)5-12(17,4-8)6-11;;/h8-9,17H,1-7H2,(H,18,19,20);;. The first-order valence-electron chi connectivity index (χ1n) is 7.19. The molecule has 0 aromatic heterocycles. The van der Waals surface area contributed by atoms with Crippen LogP contribution in [0.3, 0.4) is 0 Å². The molecule has 4 bridgehead atoms. The Morgan fingerprint density at radius 1 is 1.22 bits per heavy atom. The van der Waals surface area contributed by atoms with E-state index in [1.54, 1.807) is 0 Å². The molecule has 2 unspecified atom stereocenters. The van der Waals surface area contributed by atoms with Gasteiger partial charge in [0.2, 0.25) is 0 Å². The molecule has 0 spiro atoms. The number of hydrogen-bond acceptors (Lipinski definition) is 5. The molecule has 23 heavy (non-hydrogen) atoms. The quantitative estimate of drug-likeness (QED) is 0.433. The van der Waals surface area contributed by atoms with Crippen LogP contribution in [0.1, 0.15) is 38.5 Å². The van der Waals surface area contributed by atoms with Gasteiger partial charge in [0.05, 0.1) is 12.2 Å². The zero-order valence-corrected chi connectivity index (χ0v) is 12.6. The van der Waals surface area contributed by atoms with Gasteiger partial charge in [-0.3, -0.25) is 4.55 Å². The fourth-order valence-electron chi connectivity index (χ4n) is 4.98. The molecule has 0 saturated heterocycles. The summed E-state index contributed by atoms with van der Waals surface area (Å²) in [6.45, 7) is -0.355. The summed E-state index contributed by atoms with van der Waals surface area (Å²) < 4.78 is 60.4. The molecular formula is C13H19F2NaO6S. The summed E-state index contributed by atoms with van der Waals surface area (Å²) in [5.41, 5.74) is -1.40. The van der Waals surface area contributed by atoms with Crippen LogP contribution in [0.5, 0.6) is 0 Å². The van der Waals surface area contributed by atoms with Crippen molar-refractivity contribution in [1.29, 1.82) is 0 Å². The van der Waals surface area contributed by atoms with Gasteiger partial charge in [0, 0.05) is 5.41 Å². The van der Waals surface area contributed by atoms with E-state index >= 15 is 0 Å². The maximum absolute atomic E-state index is 13.2. The second kappa shape index (κ2) is 5.88. The molecule has 128 valence electrons. The van der Waals surface area contributed by atoms with E-state index in [4.69, 9.17) is 4.55 Å². The van der Waals surface area contributed by atoms with E-state index < -0.39 is 32.4 Å². The maximum atomic E-state index is 13.2. The van der Waals surface area contributed by atoms with Crippen LogP contribution in [0.4, 0.5) is 8.78 Å². The third kappa shape index (κ3) is 3.46. The minimum absolute atomic E-state index is 0. The number of ether oxygens (including phenoxy) is 1. The molecule has 4 rings (SSSR count). The van der Waals surface area contributed by atoms with Gasteiger partial charge >= 0.3 is 50.9 Å². The van der Waals surface area contributed by atoms with E-state index in [-0.39, 0.29) is 48.0 Å². The first-order valence-corrected chi connectivity index (χ1v) is 8.63. The molecule has 4 saturated carbocycles. The van der Waals surface area contributed by atoms with Gasteiger partial charge in [-0.2, -0.15) is 17.2 Å². The van der Waals surface area contributed by atoms with Crippen LogP contribution in [-0.4, -0.2) is 71.1 Å². The number of halogens is 2. The molecule has 10 heteroatoms. The molecule has 0 aromatic carbocycles. The zero-order valence-electron chi connectivity index (χ0n) is 11.8. The van der Waals surface area contributed by atoms with Gasteiger partial charge in [0.25, 0.3) is 0 Å². The van der Waals surface area contributed by atoms with Gasteiger partial charge in [0.15, 0.2) is 0 Å². The number of hydrogen-bond donors (Lipinski definition) is 2. The van der Waals surface area contributed by atoms with Crippen LogP contribution in [0.2, 0.25) is 0 Å². The second-order valence-corrected chi connectivity index (χ2v) is 8.72. The number of rotatable bonds is 4. The van der Waals surface area contributed by atoms with Crippen LogP contribution in [0, 0.1) is 17.3 Å². The number of aliphatic hydroxyl groups is 1. The van der Waals surface area contributed by atoms with Crippen molar-refractivity contribution < 1.29 is 36.4 Å². The normalized spacial score (nSPS) is 39.0. The third-order valence-corrected chi connectivity index (χ3v) is 6.04. The van der Waals surface area contributed by atoms with Crippen LogP contribution in [0.25, 0.3) is 0 Å². The Hall–Kier alpha value is 0.200. The molecule has 0 aliphatic heterocycles. The number of alkyl halides is 2. The Bertz CT molecular complexity index is 594. The average Bonchev–Trinajstić information content (AvgIpc) is 2.31. The van der Waals surface area contributed by atoms with Crippen molar-refractivity contribution in [3.8, 4) is 0 Å². The van der Waals surface area contributed by atoms with Crippen molar-refractivity contribution >= 4 is 45.6 Å². The Balaban J connectivity index is 0.00000192. The van der Waals surface area contributed by atoms with Crippen LogP contribution < -0.4 is 0 Å². The molecule has 0 amide bonds. The molecule has 6 nitrogen and oxygen atoms in total. The number of carbonyl (C=O) groups excluding carboxylic acids is 1. The Morgan fingerprint density at radius 2 is 1.74 bits per heavy atom. The Kier molecular flexibility index (Phi) is 4.99. The van der Waals surface area contributed by atoms with E-state index in [0.29, 0.717) is 32.1 Å². The monoisotopic (exact) mass is 364 g/mol. The predicted octanol–water partition coefficient (Wildman–Crippen LogP) is 0.693. The second-order valence-electron chi connectivity index (χ2n) is 7.25.